The molecule has 1 aliphatic heterocycles. The SMILES string of the molecule is Nc1cc(O[C@H]2CCOC2)ncn1. The molecule has 0 unspecified atom stereocenters. The standard InChI is InChI=1S/C8H11N3O2/c9-7-3-8(11-5-10-7)13-6-1-2-12-4-6/h3,5-6H,1-2,4H2,(H2,9,10,11)/t6-/m0/s1. The van der Waals surface area contributed by atoms with E-state index >= 15 is 0 Å². The maximum absolute atomic E-state index is 5.50. The minimum atomic E-state index is 0.106. The van der Waals surface area contributed by atoms with Crippen LogP contribution < -0.4 is 10.5 Å². The first-order valence-electron chi connectivity index (χ1n) is 4.16. The fourth-order valence-corrected chi connectivity index (χ4v) is 1.19. The largest absolute Gasteiger partial charge is 0.472 e. The van der Waals surface area contributed by atoms with Crippen LogP contribution in [0.15, 0.2) is 12.4 Å². The lowest BCUT2D eigenvalue weighted by atomic mass is 10.3. The second-order valence-corrected chi connectivity index (χ2v) is 2.88. The fourth-order valence-electron chi connectivity index (χ4n) is 1.19. The smallest absolute Gasteiger partial charge is 0.218 e. The zero-order chi connectivity index (χ0) is 9.10. The van der Waals surface area contributed by atoms with Gasteiger partial charge in [0.2, 0.25) is 5.88 Å². The highest BCUT2D eigenvalue weighted by molar-refractivity contribution is 5.30. The minimum Gasteiger partial charge on any atom is -0.472 e. The lowest BCUT2D eigenvalue weighted by molar-refractivity contribution is 0.138. The monoisotopic (exact) mass is 181 g/mol. The minimum absolute atomic E-state index is 0.106. The Balaban J connectivity index is 2.00. The van der Waals surface area contributed by atoms with Crippen molar-refractivity contribution < 1.29 is 9.47 Å². The van der Waals surface area contributed by atoms with Crippen molar-refractivity contribution in [2.24, 2.45) is 0 Å². The molecule has 2 rings (SSSR count). The van der Waals surface area contributed by atoms with Crippen LogP contribution in [0.2, 0.25) is 0 Å². The van der Waals surface area contributed by atoms with Crippen LogP contribution in [0.4, 0.5) is 5.82 Å². The van der Waals surface area contributed by atoms with Crippen LogP contribution in [0.3, 0.4) is 0 Å². The molecule has 1 atom stereocenters. The Morgan fingerprint density at radius 1 is 1.54 bits per heavy atom. The van der Waals surface area contributed by atoms with E-state index in [4.69, 9.17) is 15.2 Å². The van der Waals surface area contributed by atoms with E-state index in [2.05, 4.69) is 9.97 Å². The van der Waals surface area contributed by atoms with E-state index in [1.807, 2.05) is 0 Å². The van der Waals surface area contributed by atoms with Crippen molar-refractivity contribution in [1.29, 1.82) is 0 Å². The van der Waals surface area contributed by atoms with Crippen LogP contribution in [0.1, 0.15) is 6.42 Å². The van der Waals surface area contributed by atoms with Gasteiger partial charge in [-0.05, 0) is 0 Å². The summed E-state index contributed by atoms with van der Waals surface area (Å²) in [4.78, 5) is 7.70. The van der Waals surface area contributed by atoms with Gasteiger partial charge in [-0.25, -0.2) is 9.97 Å². The molecule has 5 heteroatoms. The van der Waals surface area contributed by atoms with E-state index in [9.17, 15) is 0 Å². The first-order chi connectivity index (χ1) is 6.34. The van der Waals surface area contributed by atoms with Gasteiger partial charge in [-0.1, -0.05) is 0 Å². The maximum Gasteiger partial charge on any atom is 0.218 e. The van der Waals surface area contributed by atoms with Crippen LogP contribution in [0.25, 0.3) is 0 Å². The highest BCUT2D eigenvalue weighted by atomic mass is 16.5. The van der Waals surface area contributed by atoms with Gasteiger partial charge in [0.25, 0.3) is 0 Å². The Labute approximate surface area is 75.9 Å². The lowest BCUT2D eigenvalue weighted by Crippen LogP contribution is -2.16. The lowest BCUT2D eigenvalue weighted by Gasteiger charge is -2.09. The normalized spacial score (nSPS) is 21.7. The molecule has 0 radical (unpaired) electrons. The Morgan fingerprint density at radius 3 is 3.15 bits per heavy atom. The van der Waals surface area contributed by atoms with E-state index < -0.39 is 0 Å². The molecule has 2 N–H and O–H groups in total. The predicted molar refractivity (Wildman–Crippen MR) is 46.3 cm³/mol. The van der Waals surface area contributed by atoms with Crippen molar-refractivity contribution in [3.8, 4) is 5.88 Å². The average molecular weight is 181 g/mol. The van der Waals surface area contributed by atoms with Gasteiger partial charge in [-0.2, -0.15) is 0 Å². The van der Waals surface area contributed by atoms with E-state index in [1.54, 1.807) is 6.07 Å². The summed E-state index contributed by atoms with van der Waals surface area (Å²) >= 11 is 0. The van der Waals surface area contributed by atoms with Gasteiger partial charge < -0.3 is 15.2 Å². The Kier molecular flexibility index (Phi) is 2.27. The third kappa shape index (κ3) is 2.06. The van der Waals surface area contributed by atoms with Crippen molar-refractivity contribution in [1.82, 2.24) is 9.97 Å². The molecular weight excluding hydrogens is 170 g/mol. The second-order valence-electron chi connectivity index (χ2n) is 2.88. The third-order valence-electron chi connectivity index (χ3n) is 1.84. The van der Waals surface area contributed by atoms with Crippen molar-refractivity contribution in [3.05, 3.63) is 12.4 Å². The van der Waals surface area contributed by atoms with E-state index in [0.29, 0.717) is 18.3 Å². The number of ether oxygens (including phenoxy) is 2. The van der Waals surface area contributed by atoms with Gasteiger partial charge in [0.1, 0.15) is 18.2 Å². The number of nitrogens with two attached hydrogens (primary N) is 1. The Bertz CT molecular complexity index is 286. The first kappa shape index (κ1) is 8.25. The fraction of sp³-hybridized carbons (Fsp3) is 0.500. The maximum atomic E-state index is 5.50. The summed E-state index contributed by atoms with van der Waals surface area (Å²) in [6.45, 7) is 1.38. The summed E-state index contributed by atoms with van der Waals surface area (Å²) in [7, 11) is 0. The van der Waals surface area contributed by atoms with Crippen LogP contribution >= 0.6 is 0 Å². The zero-order valence-corrected chi connectivity index (χ0v) is 7.14. The molecule has 0 bridgehead atoms. The van der Waals surface area contributed by atoms with Crippen molar-refractivity contribution in [2.45, 2.75) is 12.5 Å². The molecule has 0 aliphatic carbocycles. The quantitative estimate of drug-likeness (QED) is 0.707. The summed E-state index contributed by atoms with van der Waals surface area (Å²) < 4.78 is 10.7. The molecular formula is C8H11N3O2. The number of anilines is 1. The van der Waals surface area contributed by atoms with Gasteiger partial charge in [0.05, 0.1) is 13.2 Å². The van der Waals surface area contributed by atoms with Gasteiger partial charge in [-0.15, -0.1) is 0 Å². The molecule has 1 aromatic heterocycles. The average Bonchev–Trinajstić information content (AvgIpc) is 2.57. The predicted octanol–water partition coefficient (Wildman–Crippen LogP) is 0.226. The number of nitrogens with zero attached hydrogens (tertiary/aromatic N) is 2. The molecule has 2 heterocycles. The molecule has 0 spiro atoms. The summed E-state index contributed by atoms with van der Waals surface area (Å²) in [6.07, 6.45) is 2.40. The first-order valence-corrected chi connectivity index (χ1v) is 4.16. The van der Waals surface area contributed by atoms with Crippen LogP contribution in [-0.2, 0) is 4.74 Å². The van der Waals surface area contributed by atoms with Crippen LogP contribution in [0.5, 0.6) is 5.88 Å². The van der Waals surface area contributed by atoms with E-state index in [1.165, 1.54) is 6.33 Å². The molecule has 0 amide bonds. The molecule has 13 heavy (non-hydrogen) atoms. The van der Waals surface area contributed by atoms with Gasteiger partial charge in [0, 0.05) is 12.5 Å². The Morgan fingerprint density at radius 2 is 2.46 bits per heavy atom. The van der Waals surface area contributed by atoms with Gasteiger partial charge in [0.15, 0.2) is 0 Å². The number of hydrogen-bond donors (Lipinski definition) is 1. The molecule has 70 valence electrons. The highest BCUT2D eigenvalue weighted by Crippen LogP contribution is 2.14. The van der Waals surface area contributed by atoms with Gasteiger partial charge >= 0.3 is 0 Å². The summed E-state index contributed by atoms with van der Waals surface area (Å²) in [5.74, 6) is 0.937. The summed E-state index contributed by atoms with van der Waals surface area (Å²) in [5.41, 5.74) is 5.47. The third-order valence-corrected chi connectivity index (χ3v) is 1.84. The van der Waals surface area contributed by atoms with Crippen molar-refractivity contribution >= 4 is 5.82 Å². The summed E-state index contributed by atoms with van der Waals surface area (Å²) in [5, 5.41) is 0. The zero-order valence-electron chi connectivity index (χ0n) is 7.14. The number of hydrogen-bond acceptors (Lipinski definition) is 5. The molecule has 1 aliphatic rings. The highest BCUT2D eigenvalue weighted by Gasteiger charge is 2.17. The molecule has 1 saturated heterocycles. The number of rotatable bonds is 2. The topological polar surface area (TPSA) is 70.3 Å². The van der Waals surface area contributed by atoms with Gasteiger partial charge in [-0.3, -0.25) is 0 Å². The van der Waals surface area contributed by atoms with Crippen molar-refractivity contribution in [3.63, 3.8) is 0 Å². The Hall–Kier alpha value is -1.36. The summed E-state index contributed by atoms with van der Waals surface area (Å²) in [6, 6.07) is 1.61. The van der Waals surface area contributed by atoms with Crippen molar-refractivity contribution in [2.75, 3.05) is 18.9 Å². The molecule has 1 fully saturated rings. The van der Waals surface area contributed by atoms with Crippen LogP contribution in [0, 0.1) is 0 Å². The second kappa shape index (κ2) is 3.57. The molecule has 0 saturated carbocycles. The number of aromatic nitrogens is 2. The van der Waals surface area contributed by atoms with E-state index in [-0.39, 0.29) is 6.10 Å². The molecule has 1 aromatic rings. The molecule has 0 aromatic carbocycles. The van der Waals surface area contributed by atoms with Crippen LogP contribution in [-0.4, -0.2) is 29.3 Å². The number of nitrogen functional groups attached to an aromatic ring is 1. The van der Waals surface area contributed by atoms with E-state index in [0.717, 1.165) is 13.0 Å². The molecule has 5 nitrogen and oxygen atoms in total.